The third kappa shape index (κ3) is 5.42. The van der Waals surface area contributed by atoms with Crippen molar-refractivity contribution in [2.24, 2.45) is 5.16 Å². The van der Waals surface area contributed by atoms with Gasteiger partial charge >= 0.3 is 6.18 Å². The van der Waals surface area contributed by atoms with Crippen LogP contribution in [0.15, 0.2) is 29.1 Å². The molecule has 13 heteroatoms. The summed E-state index contributed by atoms with van der Waals surface area (Å²) in [4.78, 5) is 17.9. The van der Waals surface area contributed by atoms with Gasteiger partial charge in [-0.2, -0.15) is 13.2 Å². The van der Waals surface area contributed by atoms with Crippen LogP contribution in [0.1, 0.15) is 6.92 Å². The van der Waals surface area contributed by atoms with E-state index in [1.54, 1.807) is 6.92 Å². The van der Waals surface area contributed by atoms with E-state index in [1.807, 2.05) is 22.6 Å². The van der Waals surface area contributed by atoms with Gasteiger partial charge in [0, 0.05) is 19.2 Å². The molecule has 0 saturated heterocycles. The van der Waals surface area contributed by atoms with Crippen LogP contribution in [0.3, 0.4) is 0 Å². The minimum Gasteiger partial charge on any atom is -0.486 e. The zero-order valence-corrected chi connectivity index (χ0v) is 17.9. The Labute approximate surface area is 181 Å². The molecule has 1 aromatic rings. The molecule has 1 atom stereocenters. The third-order valence-corrected chi connectivity index (χ3v) is 4.29. The maximum absolute atomic E-state index is 14.4. The van der Waals surface area contributed by atoms with Crippen LogP contribution in [0, 0.1) is 5.82 Å². The van der Waals surface area contributed by atoms with Crippen LogP contribution in [0.2, 0.25) is 5.02 Å². The average molecular weight is 552 g/mol. The first-order chi connectivity index (χ1) is 13.5. The molecular weight excluding hydrogens is 537 g/mol. The number of aliphatic hydroxyl groups is 1. The van der Waals surface area contributed by atoms with Gasteiger partial charge in [-0.05, 0) is 35.6 Å². The molecule has 1 amide bonds. The summed E-state index contributed by atoms with van der Waals surface area (Å²) in [5, 5.41) is 13.8. The lowest BCUT2D eigenvalue weighted by atomic mass is 10.2. The molecule has 1 unspecified atom stereocenters. The normalized spacial score (nSPS) is 18.1. The summed E-state index contributed by atoms with van der Waals surface area (Å²) in [6, 6.07) is 1.83. The number of alkyl halides is 4. The minimum absolute atomic E-state index is 0.0691. The van der Waals surface area contributed by atoms with E-state index in [2.05, 4.69) is 5.16 Å². The summed E-state index contributed by atoms with van der Waals surface area (Å²) in [6.45, 7) is 1.51. The van der Waals surface area contributed by atoms with Gasteiger partial charge in [-0.15, -0.1) is 0 Å². The molecule has 0 saturated carbocycles. The van der Waals surface area contributed by atoms with E-state index in [9.17, 15) is 27.5 Å². The van der Waals surface area contributed by atoms with Gasteiger partial charge < -0.3 is 19.6 Å². The molecule has 0 aromatic heterocycles. The number of hydrogen-bond acceptors (Lipinski definition) is 6. The lowest BCUT2D eigenvalue weighted by Gasteiger charge is -2.39. The lowest BCUT2D eigenvalue weighted by molar-refractivity contribution is -0.138. The van der Waals surface area contributed by atoms with Gasteiger partial charge in [-0.3, -0.25) is 9.69 Å². The lowest BCUT2D eigenvalue weighted by Crippen LogP contribution is -2.55. The number of aliphatic hydroxyl groups excluding tert-OH is 1. The summed E-state index contributed by atoms with van der Waals surface area (Å²) < 4.78 is 59.2. The Hall–Kier alpha value is -1.80. The topological polar surface area (TPSA) is 74.6 Å². The Morgan fingerprint density at radius 1 is 1.41 bits per heavy atom. The number of anilines is 1. The van der Waals surface area contributed by atoms with E-state index < -0.39 is 35.6 Å². The molecule has 0 bridgehead atoms. The highest BCUT2D eigenvalue weighted by Crippen LogP contribution is 2.37. The number of amides is 1. The van der Waals surface area contributed by atoms with Gasteiger partial charge in [-0.25, -0.2) is 4.39 Å². The van der Waals surface area contributed by atoms with Crippen molar-refractivity contribution >= 4 is 51.5 Å². The molecule has 0 spiro atoms. The number of allylic oxidation sites excluding steroid dienone is 1. The number of benzene rings is 1. The first-order valence-corrected chi connectivity index (χ1v) is 9.74. The summed E-state index contributed by atoms with van der Waals surface area (Å²) in [7, 11) is 0.918. The Balaban J connectivity index is 2.37. The van der Waals surface area contributed by atoms with Crippen LogP contribution in [-0.4, -0.2) is 52.4 Å². The largest absolute Gasteiger partial charge is 0.486 e. The highest BCUT2D eigenvalue weighted by atomic mass is 127. The first-order valence-electron chi connectivity index (χ1n) is 7.83. The fourth-order valence-electron chi connectivity index (χ4n) is 2.38. The van der Waals surface area contributed by atoms with Gasteiger partial charge in [0.05, 0.1) is 16.4 Å². The molecule has 1 aliphatic heterocycles. The molecule has 1 aliphatic rings. The van der Waals surface area contributed by atoms with Crippen LogP contribution in [0.4, 0.5) is 23.2 Å². The van der Waals surface area contributed by atoms with Crippen molar-refractivity contribution in [1.82, 2.24) is 4.90 Å². The fraction of sp³-hybridized carbons (Fsp3) is 0.375. The van der Waals surface area contributed by atoms with Crippen LogP contribution < -0.4 is 9.64 Å². The standard InChI is InChI=1S/C16H15ClF4IN3O4/c1-8(23-29-7-22)6-28-12-4-11(10(18)3-9(12)17)25-14(26)5-13(16(19,20)21)24(2)15(25)27/h3-5,15,27H,6-7H2,1-2H3/b23-8+. The van der Waals surface area contributed by atoms with Crippen molar-refractivity contribution in [1.29, 1.82) is 0 Å². The van der Waals surface area contributed by atoms with Gasteiger partial charge in [0.2, 0.25) is 6.35 Å². The average Bonchev–Trinajstić information content (AvgIpc) is 2.62. The Bertz CT molecular complexity index is 850. The predicted molar refractivity (Wildman–Crippen MR) is 105 cm³/mol. The van der Waals surface area contributed by atoms with Gasteiger partial charge in [-0.1, -0.05) is 16.8 Å². The number of carbonyl (C=O) groups excluding carboxylic acids is 1. The minimum atomic E-state index is -4.87. The van der Waals surface area contributed by atoms with Crippen LogP contribution >= 0.6 is 34.2 Å². The Morgan fingerprint density at radius 3 is 2.66 bits per heavy atom. The van der Waals surface area contributed by atoms with Crippen LogP contribution in [0.5, 0.6) is 5.75 Å². The van der Waals surface area contributed by atoms with Crippen molar-refractivity contribution in [2.45, 2.75) is 19.5 Å². The number of hydrogen-bond donors (Lipinski definition) is 1. The Morgan fingerprint density at radius 2 is 2.07 bits per heavy atom. The first kappa shape index (κ1) is 23.5. The third-order valence-electron chi connectivity index (χ3n) is 3.71. The zero-order chi connectivity index (χ0) is 21.9. The number of ether oxygens (including phenoxy) is 1. The van der Waals surface area contributed by atoms with Crippen molar-refractivity contribution in [3.05, 3.63) is 34.7 Å². The van der Waals surface area contributed by atoms with E-state index in [4.69, 9.17) is 21.2 Å². The smallest absolute Gasteiger partial charge is 0.431 e. The monoisotopic (exact) mass is 551 g/mol. The number of halogens is 6. The second-order valence-corrected chi connectivity index (χ2v) is 6.81. The van der Waals surface area contributed by atoms with E-state index in [0.717, 1.165) is 19.2 Å². The predicted octanol–water partition coefficient (Wildman–Crippen LogP) is 3.64. The Kier molecular flexibility index (Phi) is 7.56. The highest BCUT2D eigenvalue weighted by molar-refractivity contribution is 14.1. The molecule has 0 aliphatic carbocycles. The molecule has 1 N–H and O–H groups in total. The van der Waals surface area contributed by atoms with E-state index >= 15 is 0 Å². The second-order valence-electron chi connectivity index (χ2n) is 5.78. The highest BCUT2D eigenvalue weighted by Gasteiger charge is 2.45. The number of nitrogens with zero attached hydrogens (tertiary/aromatic N) is 3. The fourth-order valence-corrected chi connectivity index (χ4v) is 2.73. The van der Waals surface area contributed by atoms with Crippen molar-refractivity contribution in [2.75, 3.05) is 23.2 Å². The van der Waals surface area contributed by atoms with Crippen molar-refractivity contribution in [3.8, 4) is 5.75 Å². The molecule has 0 fully saturated rings. The summed E-state index contributed by atoms with van der Waals surface area (Å²) in [5.41, 5.74) is -1.45. The molecule has 0 radical (unpaired) electrons. The van der Waals surface area contributed by atoms with Crippen LogP contribution in [-0.2, 0) is 9.63 Å². The molecule has 1 aromatic carbocycles. The SMILES string of the molecule is C/C(COc1cc(N2C(=O)C=C(C(F)(F)F)N(C)C2O)c(F)cc1Cl)=N\OCI. The molecule has 2 rings (SSSR count). The maximum atomic E-state index is 14.4. The molecule has 7 nitrogen and oxygen atoms in total. The second kappa shape index (κ2) is 9.34. The zero-order valence-electron chi connectivity index (χ0n) is 15.0. The van der Waals surface area contributed by atoms with E-state index in [-0.39, 0.29) is 23.5 Å². The number of oxime groups is 1. The van der Waals surface area contributed by atoms with Crippen molar-refractivity contribution < 1.29 is 37.0 Å². The molecule has 160 valence electrons. The number of rotatable bonds is 6. The summed E-state index contributed by atoms with van der Waals surface area (Å²) >= 11 is 7.88. The summed E-state index contributed by atoms with van der Waals surface area (Å²) in [5.74, 6) is -2.37. The molecule has 29 heavy (non-hydrogen) atoms. The van der Waals surface area contributed by atoms with Crippen LogP contribution in [0.25, 0.3) is 0 Å². The van der Waals surface area contributed by atoms with Gasteiger partial charge in [0.15, 0.2) is 4.61 Å². The molecular formula is C16H15ClF4IN3O4. The maximum Gasteiger partial charge on any atom is 0.431 e. The number of carbonyl (C=O) groups is 1. The molecule has 1 heterocycles. The van der Waals surface area contributed by atoms with E-state index in [0.29, 0.717) is 20.1 Å². The van der Waals surface area contributed by atoms with Crippen molar-refractivity contribution in [3.63, 3.8) is 0 Å². The van der Waals surface area contributed by atoms with E-state index in [1.165, 1.54) is 0 Å². The van der Waals surface area contributed by atoms with Gasteiger partial charge in [0.25, 0.3) is 5.91 Å². The quantitative estimate of drug-likeness (QED) is 0.192. The summed E-state index contributed by atoms with van der Waals surface area (Å²) in [6.07, 6.45) is -6.71. The van der Waals surface area contributed by atoms with Gasteiger partial charge in [0.1, 0.15) is 23.9 Å².